The summed E-state index contributed by atoms with van der Waals surface area (Å²) in [4.78, 5) is 0. The topological polar surface area (TPSA) is 20.2 Å². The quantitative estimate of drug-likeness (QED) is 0.778. The number of benzene rings is 1. The molecule has 0 aliphatic carbocycles. The van der Waals surface area contributed by atoms with Gasteiger partial charge in [-0.05, 0) is 34.9 Å². The van der Waals surface area contributed by atoms with E-state index in [0.717, 1.165) is 5.56 Å². The van der Waals surface area contributed by atoms with E-state index >= 15 is 0 Å². The highest BCUT2D eigenvalue weighted by molar-refractivity contribution is 5.48. The van der Waals surface area contributed by atoms with Gasteiger partial charge in [-0.2, -0.15) is 0 Å². The lowest BCUT2D eigenvalue weighted by atomic mass is 9.83. The molecule has 0 aromatic heterocycles. The van der Waals surface area contributed by atoms with Gasteiger partial charge in [-0.1, -0.05) is 47.6 Å². The zero-order valence-corrected chi connectivity index (χ0v) is 11.3. The van der Waals surface area contributed by atoms with E-state index in [-0.39, 0.29) is 0 Å². The largest absolute Gasteiger partial charge is 0.508 e. The van der Waals surface area contributed by atoms with Gasteiger partial charge in [0, 0.05) is 5.56 Å². The van der Waals surface area contributed by atoms with Gasteiger partial charge in [0.05, 0.1) is 0 Å². The van der Waals surface area contributed by atoms with Crippen molar-refractivity contribution in [2.45, 2.75) is 59.3 Å². The fourth-order valence-electron chi connectivity index (χ4n) is 2.40. The summed E-state index contributed by atoms with van der Waals surface area (Å²) < 4.78 is 0. The van der Waals surface area contributed by atoms with E-state index in [1.165, 1.54) is 11.1 Å². The molecule has 0 fully saturated rings. The molecule has 1 aromatic carbocycles. The second-order valence-corrected chi connectivity index (χ2v) is 5.47. The number of phenols is 1. The van der Waals surface area contributed by atoms with E-state index in [1.54, 1.807) is 0 Å². The van der Waals surface area contributed by atoms with Crippen molar-refractivity contribution in [3.63, 3.8) is 0 Å². The van der Waals surface area contributed by atoms with Gasteiger partial charge in [-0.3, -0.25) is 0 Å². The Kier molecular flexibility index (Phi) is 4.01. The third-order valence-corrected chi connectivity index (χ3v) is 3.07. The van der Waals surface area contributed by atoms with Gasteiger partial charge < -0.3 is 5.11 Å². The van der Waals surface area contributed by atoms with Crippen molar-refractivity contribution < 1.29 is 5.11 Å². The molecule has 1 aromatic rings. The van der Waals surface area contributed by atoms with Crippen molar-refractivity contribution in [1.82, 2.24) is 0 Å². The van der Waals surface area contributed by atoms with Crippen LogP contribution >= 0.6 is 0 Å². The molecule has 16 heavy (non-hydrogen) atoms. The SMILES string of the molecule is CC(C)c1ccc(O)c(C(C)C)c1C(C)C. The first-order chi connectivity index (χ1) is 7.36. The smallest absolute Gasteiger partial charge is 0.119 e. The summed E-state index contributed by atoms with van der Waals surface area (Å²) in [5.74, 6) is 1.79. The van der Waals surface area contributed by atoms with Crippen molar-refractivity contribution in [1.29, 1.82) is 0 Å². The van der Waals surface area contributed by atoms with Crippen LogP contribution in [0.1, 0.15) is 76.0 Å². The fourth-order valence-corrected chi connectivity index (χ4v) is 2.40. The van der Waals surface area contributed by atoms with Gasteiger partial charge in [-0.15, -0.1) is 0 Å². The summed E-state index contributed by atoms with van der Waals surface area (Å²) in [6.07, 6.45) is 0. The molecule has 0 saturated carbocycles. The minimum atomic E-state index is 0.371. The van der Waals surface area contributed by atoms with Crippen LogP contribution in [0, 0.1) is 0 Å². The third-order valence-electron chi connectivity index (χ3n) is 3.07. The normalized spacial score (nSPS) is 11.8. The van der Waals surface area contributed by atoms with E-state index in [0.29, 0.717) is 23.5 Å². The van der Waals surface area contributed by atoms with Crippen LogP contribution in [0.25, 0.3) is 0 Å². The lowest BCUT2D eigenvalue weighted by molar-refractivity contribution is 0.462. The minimum Gasteiger partial charge on any atom is -0.508 e. The average Bonchev–Trinajstić information content (AvgIpc) is 2.15. The van der Waals surface area contributed by atoms with Crippen molar-refractivity contribution >= 4 is 0 Å². The second kappa shape index (κ2) is 4.90. The van der Waals surface area contributed by atoms with Crippen molar-refractivity contribution in [2.24, 2.45) is 0 Å². The molecule has 0 atom stereocenters. The van der Waals surface area contributed by atoms with Crippen LogP contribution in [-0.2, 0) is 0 Å². The van der Waals surface area contributed by atoms with Gasteiger partial charge in [0.15, 0.2) is 0 Å². The van der Waals surface area contributed by atoms with Crippen LogP contribution in [0.2, 0.25) is 0 Å². The van der Waals surface area contributed by atoms with Gasteiger partial charge in [0.1, 0.15) is 5.75 Å². The van der Waals surface area contributed by atoms with Crippen molar-refractivity contribution in [3.05, 3.63) is 28.8 Å². The standard InChI is InChI=1S/C15H24O/c1-9(2)12-7-8-13(16)15(11(5)6)14(12)10(3)4/h7-11,16H,1-6H3. The highest BCUT2D eigenvalue weighted by Gasteiger charge is 2.19. The summed E-state index contributed by atoms with van der Waals surface area (Å²) in [6, 6.07) is 3.91. The Morgan fingerprint density at radius 2 is 1.25 bits per heavy atom. The van der Waals surface area contributed by atoms with Crippen molar-refractivity contribution in [3.8, 4) is 5.75 Å². The Balaban J connectivity index is 3.50. The highest BCUT2D eigenvalue weighted by Crippen LogP contribution is 2.38. The molecular formula is C15H24O. The maximum Gasteiger partial charge on any atom is 0.119 e. The lowest BCUT2D eigenvalue weighted by Gasteiger charge is -2.23. The van der Waals surface area contributed by atoms with Crippen LogP contribution in [0.15, 0.2) is 12.1 Å². The molecule has 0 spiro atoms. The second-order valence-electron chi connectivity index (χ2n) is 5.47. The maximum absolute atomic E-state index is 10.0. The number of aromatic hydroxyl groups is 1. The minimum absolute atomic E-state index is 0.371. The number of hydrogen-bond donors (Lipinski definition) is 1. The molecule has 1 heteroatoms. The van der Waals surface area contributed by atoms with E-state index < -0.39 is 0 Å². The number of phenolic OH excluding ortho intramolecular Hbond substituents is 1. The van der Waals surface area contributed by atoms with E-state index in [2.05, 4.69) is 47.6 Å². The molecule has 0 saturated heterocycles. The Morgan fingerprint density at radius 3 is 1.62 bits per heavy atom. The monoisotopic (exact) mass is 220 g/mol. The Morgan fingerprint density at radius 1 is 0.750 bits per heavy atom. The molecule has 0 aliphatic heterocycles. The molecule has 1 nitrogen and oxygen atoms in total. The van der Waals surface area contributed by atoms with Crippen LogP contribution in [0.4, 0.5) is 0 Å². The van der Waals surface area contributed by atoms with E-state index in [4.69, 9.17) is 0 Å². The first-order valence-corrected chi connectivity index (χ1v) is 6.21. The predicted molar refractivity (Wildman–Crippen MR) is 70.4 cm³/mol. The number of rotatable bonds is 3. The molecule has 0 heterocycles. The molecule has 0 amide bonds. The summed E-state index contributed by atoms with van der Waals surface area (Å²) >= 11 is 0. The van der Waals surface area contributed by atoms with Gasteiger partial charge in [0.2, 0.25) is 0 Å². The number of hydrogen-bond acceptors (Lipinski definition) is 1. The first-order valence-electron chi connectivity index (χ1n) is 6.21. The molecule has 0 aliphatic rings. The summed E-state index contributed by atoms with van der Waals surface area (Å²) in [5, 5.41) is 10.0. The Hall–Kier alpha value is -0.980. The molecule has 1 rings (SSSR count). The van der Waals surface area contributed by atoms with Crippen LogP contribution in [-0.4, -0.2) is 5.11 Å². The van der Waals surface area contributed by atoms with E-state index in [1.807, 2.05) is 6.07 Å². The summed E-state index contributed by atoms with van der Waals surface area (Å²) in [6.45, 7) is 13.1. The molecule has 0 radical (unpaired) electrons. The molecule has 1 N–H and O–H groups in total. The average molecular weight is 220 g/mol. The van der Waals surface area contributed by atoms with Gasteiger partial charge in [0.25, 0.3) is 0 Å². The van der Waals surface area contributed by atoms with E-state index in [9.17, 15) is 5.11 Å². The molecule has 0 unspecified atom stereocenters. The zero-order valence-electron chi connectivity index (χ0n) is 11.3. The summed E-state index contributed by atoms with van der Waals surface area (Å²) in [5.41, 5.74) is 3.84. The molecule has 0 bridgehead atoms. The maximum atomic E-state index is 10.0. The van der Waals surface area contributed by atoms with Crippen molar-refractivity contribution in [2.75, 3.05) is 0 Å². The first kappa shape index (κ1) is 13.1. The van der Waals surface area contributed by atoms with Crippen LogP contribution in [0.5, 0.6) is 5.75 Å². The van der Waals surface area contributed by atoms with Gasteiger partial charge in [-0.25, -0.2) is 0 Å². The molecule has 90 valence electrons. The lowest BCUT2D eigenvalue weighted by Crippen LogP contribution is -2.05. The zero-order chi connectivity index (χ0) is 12.5. The van der Waals surface area contributed by atoms with Crippen LogP contribution in [0.3, 0.4) is 0 Å². The molecular weight excluding hydrogens is 196 g/mol. The van der Waals surface area contributed by atoms with Crippen LogP contribution < -0.4 is 0 Å². The Labute approximate surface area is 99.5 Å². The fraction of sp³-hybridized carbons (Fsp3) is 0.600. The highest BCUT2D eigenvalue weighted by atomic mass is 16.3. The predicted octanol–water partition coefficient (Wildman–Crippen LogP) is 4.76. The summed E-state index contributed by atoms with van der Waals surface area (Å²) in [7, 11) is 0. The third kappa shape index (κ3) is 2.40. The Bertz CT molecular complexity index is 362. The van der Waals surface area contributed by atoms with Gasteiger partial charge >= 0.3 is 0 Å².